The molecule has 0 bridgehead atoms. The first-order valence-electron chi connectivity index (χ1n) is 9.58. The molecule has 9 heteroatoms. The van der Waals surface area contributed by atoms with E-state index in [-0.39, 0.29) is 23.7 Å². The van der Waals surface area contributed by atoms with Crippen molar-refractivity contribution in [2.45, 2.75) is 38.6 Å². The summed E-state index contributed by atoms with van der Waals surface area (Å²) in [6, 6.07) is 7.15. The zero-order chi connectivity index (χ0) is 21.0. The summed E-state index contributed by atoms with van der Waals surface area (Å²) in [5.74, 6) is -3.52. The zero-order valence-electron chi connectivity index (χ0n) is 16.1. The van der Waals surface area contributed by atoms with Crippen LogP contribution in [0.15, 0.2) is 30.3 Å². The molecule has 1 heterocycles. The molecular formula is C20H23N3O6. The Morgan fingerprint density at radius 1 is 1.03 bits per heavy atom. The monoisotopic (exact) mass is 401 g/mol. The van der Waals surface area contributed by atoms with Gasteiger partial charge in [-0.15, -0.1) is 0 Å². The van der Waals surface area contributed by atoms with E-state index in [1.807, 2.05) is 0 Å². The van der Waals surface area contributed by atoms with E-state index >= 15 is 0 Å². The molecule has 3 rings (SSSR count). The topological polar surface area (TPSA) is 122 Å². The van der Waals surface area contributed by atoms with Crippen LogP contribution in [0.3, 0.4) is 0 Å². The lowest BCUT2D eigenvalue weighted by atomic mass is 9.81. The molecule has 0 spiro atoms. The van der Waals surface area contributed by atoms with Crippen molar-refractivity contribution in [1.29, 1.82) is 0 Å². The van der Waals surface area contributed by atoms with Crippen molar-refractivity contribution in [3.8, 4) is 0 Å². The number of likely N-dealkylation sites (tertiary alicyclic amines) is 1. The number of hydrogen-bond donors (Lipinski definition) is 2. The number of amides is 4. The quantitative estimate of drug-likeness (QED) is 0.422. The second-order valence-corrected chi connectivity index (χ2v) is 7.20. The molecule has 1 saturated carbocycles. The zero-order valence-corrected chi connectivity index (χ0v) is 16.1. The van der Waals surface area contributed by atoms with Gasteiger partial charge in [0.25, 0.3) is 11.8 Å². The Morgan fingerprint density at radius 3 is 2.21 bits per heavy atom. The third-order valence-electron chi connectivity index (χ3n) is 5.30. The van der Waals surface area contributed by atoms with Crippen molar-refractivity contribution in [3.63, 3.8) is 0 Å². The first-order valence-corrected chi connectivity index (χ1v) is 9.58. The summed E-state index contributed by atoms with van der Waals surface area (Å²) in [4.78, 5) is 61.9. The van der Waals surface area contributed by atoms with Gasteiger partial charge in [-0.25, -0.2) is 4.79 Å². The fourth-order valence-electron chi connectivity index (χ4n) is 3.76. The first kappa shape index (κ1) is 20.5. The van der Waals surface area contributed by atoms with Gasteiger partial charge < -0.3 is 4.74 Å². The van der Waals surface area contributed by atoms with Crippen LogP contribution in [-0.4, -0.2) is 47.1 Å². The number of hydrazine groups is 1. The largest absolute Gasteiger partial charge is 0.454 e. The summed E-state index contributed by atoms with van der Waals surface area (Å²) >= 11 is 0. The summed E-state index contributed by atoms with van der Waals surface area (Å²) in [5, 5.41) is 0. The van der Waals surface area contributed by atoms with E-state index in [4.69, 9.17) is 4.74 Å². The summed E-state index contributed by atoms with van der Waals surface area (Å²) in [6.07, 6.45) is 3.08. The van der Waals surface area contributed by atoms with Crippen molar-refractivity contribution in [3.05, 3.63) is 35.9 Å². The Kier molecular flexibility index (Phi) is 6.26. The number of fused-ring (bicyclic) bond motifs is 1. The van der Waals surface area contributed by atoms with Crippen molar-refractivity contribution >= 4 is 29.6 Å². The maximum Gasteiger partial charge on any atom is 0.329 e. The van der Waals surface area contributed by atoms with E-state index in [1.54, 1.807) is 30.3 Å². The molecular weight excluding hydrogens is 378 g/mol. The number of nitrogens with zero attached hydrogens (tertiary/aromatic N) is 1. The third-order valence-corrected chi connectivity index (χ3v) is 5.30. The average Bonchev–Trinajstić information content (AvgIpc) is 3.00. The van der Waals surface area contributed by atoms with Crippen LogP contribution >= 0.6 is 0 Å². The van der Waals surface area contributed by atoms with Crippen LogP contribution in [0.1, 0.15) is 43.0 Å². The van der Waals surface area contributed by atoms with Gasteiger partial charge in [0.05, 0.1) is 11.8 Å². The number of rotatable bonds is 5. The molecule has 0 radical (unpaired) electrons. The summed E-state index contributed by atoms with van der Waals surface area (Å²) in [5.41, 5.74) is 4.70. The van der Waals surface area contributed by atoms with Gasteiger partial charge in [0.1, 0.15) is 6.04 Å². The Hall–Kier alpha value is -3.23. The standard InChI is InChI=1S/C20H23N3O6/c1-12(23-18(26)14-9-5-6-10-15(14)19(23)27)20(28)29-11-16(24)21-22-17(25)13-7-3-2-4-8-13/h2-4,7-8,12,14-15H,5-6,9-11H2,1H3,(H,21,24)(H,22,25)/t12-,14-,15+/m0/s1. The van der Waals surface area contributed by atoms with Crippen LogP contribution in [0.4, 0.5) is 0 Å². The van der Waals surface area contributed by atoms with Crippen molar-refractivity contribution in [2.24, 2.45) is 11.8 Å². The van der Waals surface area contributed by atoms with Gasteiger partial charge in [-0.1, -0.05) is 31.0 Å². The van der Waals surface area contributed by atoms with E-state index in [9.17, 15) is 24.0 Å². The summed E-state index contributed by atoms with van der Waals surface area (Å²) in [7, 11) is 0. The van der Waals surface area contributed by atoms with Crippen LogP contribution in [0.5, 0.6) is 0 Å². The second kappa shape index (κ2) is 8.85. The van der Waals surface area contributed by atoms with E-state index < -0.39 is 30.4 Å². The predicted molar refractivity (Wildman–Crippen MR) is 99.8 cm³/mol. The normalized spacial score (nSPS) is 21.9. The lowest BCUT2D eigenvalue weighted by Gasteiger charge is -2.21. The van der Waals surface area contributed by atoms with E-state index in [0.29, 0.717) is 18.4 Å². The number of hydrogen-bond acceptors (Lipinski definition) is 6. The first-order chi connectivity index (χ1) is 13.9. The molecule has 9 nitrogen and oxygen atoms in total. The maximum atomic E-state index is 12.5. The lowest BCUT2D eigenvalue weighted by molar-refractivity contribution is -0.159. The maximum absolute atomic E-state index is 12.5. The predicted octanol–water partition coefficient (Wildman–Crippen LogP) is 0.554. The molecule has 29 heavy (non-hydrogen) atoms. The molecule has 1 saturated heterocycles. The molecule has 1 aliphatic carbocycles. The van der Waals surface area contributed by atoms with Gasteiger partial charge in [0.15, 0.2) is 6.61 Å². The SMILES string of the molecule is C[C@@H](C(=O)OCC(=O)NNC(=O)c1ccccc1)N1C(=O)[C@H]2CCCC[C@H]2C1=O. The van der Waals surface area contributed by atoms with Gasteiger partial charge in [-0.2, -0.15) is 0 Å². The Bertz CT molecular complexity index is 801. The molecule has 4 amide bonds. The minimum atomic E-state index is -1.10. The highest BCUT2D eigenvalue weighted by molar-refractivity contribution is 6.07. The number of carbonyl (C=O) groups excluding carboxylic acids is 5. The highest BCUT2D eigenvalue weighted by atomic mass is 16.5. The molecule has 3 atom stereocenters. The van der Waals surface area contributed by atoms with Crippen LogP contribution in [-0.2, 0) is 23.9 Å². The molecule has 2 fully saturated rings. The number of esters is 1. The Balaban J connectivity index is 1.47. The molecule has 2 aliphatic rings. The average molecular weight is 401 g/mol. The summed E-state index contributed by atoms with van der Waals surface area (Å²) in [6.45, 7) is 0.756. The van der Waals surface area contributed by atoms with Crippen LogP contribution in [0.25, 0.3) is 0 Å². The van der Waals surface area contributed by atoms with Gasteiger partial charge in [0.2, 0.25) is 11.8 Å². The van der Waals surface area contributed by atoms with E-state index in [1.165, 1.54) is 6.92 Å². The fraction of sp³-hybridized carbons (Fsp3) is 0.450. The Morgan fingerprint density at radius 2 is 1.62 bits per heavy atom. The minimum absolute atomic E-state index is 0.344. The molecule has 0 unspecified atom stereocenters. The molecule has 2 N–H and O–H groups in total. The number of benzene rings is 1. The van der Waals surface area contributed by atoms with Gasteiger partial charge in [0, 0.05) is 5.56 Å². The fourth-order valence-corrected chi connectivity index (χ4v) is 3.76. The van der Waals surface area contributed by atoms with Gasteiger partial charge >= 0.3 is 5.97 Å². The number of ether oxygens (including phenoxy) is 1. The number of nitrogens with one attached hydrogen (secondary N) is 2. The molecule has 1 aromatic carbocycles. The summed E-state index contributed by atoms with van der Waals surface area (Å²) < 4.78 is 4.92. The van der Waals surface area contributed by atoms with Gasteiger partial charge in [-0.3, -0.25) is 34.9 Å². The lowest BCUT2D eigenvalue weighted by Crippen LogP contribution is -2.46. The van der Waals surface area contributed by atoms with Crippen molar-refractivity contribution < 1.29 is 28.7 Å². The van der Waals surface area contributed by atoms with Crippen LogP contribution in [0, 0.1) is 11.8 Å². The second-order valence-electron chi connectivity index (χ2n) is 7.20. The van der Waals surface area contributed by atoms with E-state index in [2.05, 4.69) is 10.9 Å². The van der Waals surface area contributed by atoms with Crippen LogP contribution < -0.4 is 10.9 Å². The Labute approximate surface area is 167 Å². The van der Waals surface area contributed by atoms with Crippen molar-refractivity contribution in [2.75, 3.05) is 6.61 Å². The minimum Gasteiger partial charge on any atom is -0.454 e. The van der Waals surface area contributed by atoms with Gasteiger partial charge in [-0.05, 0) is 31.9 Å². The smallest absolute Gasteiger partial charge is 0.329 e. The molecule has 0 aromatic heterocycles. The third kappa shape index (κ3) is 4.44. The highest BCUT2D eigenvalue weighted by Gasteiger charge is 2.51. The molecule has 1 aliphatic heterocycles. The highest BCUT2D eigenvalue weighted by Crippen LogP contribution is 2.38. The van der Waals surface area contributed by atoms with E-state index in [0.717, 1.165) is 17.7 Å². The molecule has 1 aromatic rings. The molecule has 154 valence electrons. The van der Waals surface area contributed by atoms with Crippen molar-refractivity contribution in [1.82, 2.24) is 15.8 Å². The number of imide groups is 1. The van der Waals surface area contributed by atoms with Crippen LogP contribution in [0.2, 0.25) is 0 Å². The number of carbonyl (C=O) groups is 5.